The second kappa shape index (κ2) is 10.5. The van der Waals surface area contributed by atoms with Crippen molar-refractivity contribution < 1.29 is 19.4 Å². The molecule has 5 nitrogen and oxygen atoms in total. The van der Waals surface area contributed by atoms with Crippen LogP contribution in [0.4, 0.5) is 0 Å². The van der Waals surface area contributed by atoms with Gasteiger partial charge in [0.15, 0.2) is 0 Å². The van der Waals surface area contributed by atoms with Crippen LogP contribution < -0.4 is 10.1 Å². The highest BCUT2D eigenvalue weighted by Gasteiger charge is 2.41. The molecule has 3 aliphatic rings. The first-order valence-corrected chi connectivity index (χ1v) is 12.6. The zero-order valence-corrected chi connectivity index (χ0v) is 20.8. The molecule has 0 aliphatic heterocycles. The molecule has 0 heterocycles. The Kier molecular flexibility index (Phi) is 7.63. The smallest absolute Gasteiger partial charge is 0.230 e. The van der Waals surface area contributed by atoms with Gasteiger partial charge in [0.1, 0.15) is 5.75 Å². The molecule has 5 rings (SSSR count). The Hall–Kier alpha value is -2.37. The van der Waals surface area contributed by atoms with Crippen LogP contribution in [-0.4, -0.2) is 36.9 Å². The van der Waals surface area contributed by atoms with Crippen LogP contribution in [0.1, 0.15) is 75.5 Å². The number of fused-ring (bicyclic) bond motifs is 3. The molecule has 2 atom stereocenters. The lowest BCUT2D eigenvalue weighted by molar-refractivity contribution is -0.126. The van der Waals surface area contributed by atoms with Gasteiger partial charge in [-0.1, -0.05) is 42.5 Å². The molecule has 184 valence electrons. The maximum Gasteiger partial charge on any atom is 0.230 e. The van der Waals surface area contributed by atoms with Gasteiger partial charge >= 0.3 is 0 Å². The second-order valence-corrected chi connectivity index (χ2v) is 10.7. The van der Waals surface area contributed by atoms with Gasteiger partial charge in [0.05, 0.1) is 30.8 Å². The van der Waals surface area contributed by atoms with Gasteiger partial charge in [-0.2, -0.15) is 0 Å². The third kappa shape index (κ3) is 5.47. The van der Waals surface area contributed by atoms with Crippen LogP contribution in [0.15, 0.2) is 54.6 Å². The number of amides is 1. The van der Waals surface area contributed by atoms with Crippen molar-refractivity contribution in [2.45, 2.75) is 69.9 Å². The molecule has 3 fully saturated rings. The lowest BCUT2D eigenvalue weighted by atomic mass is 9.61. The van der Waals surface area contributed by atoms with Crippen molar-refractivity contribution in [1.29, 1.82) is 0 Å². The first-order chi connectivity index (χ1) is 16.4. The fourth-order valence-electron chi connectivity index (χ4n) is 5.59. The molecular weight excluding hydrogens is 426 g/mol. The first-order valence-electron chi connectivity index (χ1n) is 12.6. The van der Waals surface area contributed by atoms with E-state index < -0.39 is 11.5 Å². The number of aliphatic hydroxyl groups is 1. The normalized spacial score (nSPS) is 23.8. The molecule has 2 aromatic carbocycles. The number of nitrogens with one attached hydrogen (secondary N) is 1. The molecule has 5 heteroatoms. The van der Waals surface area contributed by atoms with Crippen LogP contribution in [0.2, 0.25) is 0 Å². The second-order valence-electron chi connectivity index (χ2n) is 10.7. The summed E-state index contributed by atoms with van der Waals surface area (Å²) in [5, 5.41) is 13.1. The summed E-state index contributed by atoms with van der Waals surface area (Å²) >= 11 is 0. The van der Waals surface area contributed by atoms with Crippen molar-refractivity contribution in [3.8, 4) is 5.75 Å². The van der Waals surface area contributed by atoms with Gasteiger partial charge in [0.2, 0.25) is 5.91 Å². The summed E-state index contributed by atoms with van der Waals surface area (Å²) in [6.45, 7) is 4.44. The minimum Gasteiger partial charge on any atom is -0.493 e. The van der Waals surface area contributed by atoms with E-state index in [0.717, 1.165) is 29.4 Å². The van der Waals surface area contributed by atoms with Gasteiger partial charge in [-0.05, 0) is 81.5 Å². The molecule has 0 radical (unpaired) electrons. The molecule has 0 aromatic heterocycles. The monoisotopic (exact) mass is 465 g/mol. The van der Waals surface area contributed by atoms with Crippen molar-refractivity contribution in [3.05, 3.63) is 65.7 Å². The summed E-state index contributed by atoms with van der Waals surface area (Å²) in [6.07, 6.45) is 7.94. The summed E-state index contributed by atoms with van der Waals surface area (Å²) in [4.78, 5) is 13.2. The maximum atomic E-state index is 13.2. The molecule has 0 saturated heterocycles. The van der Waals surface area contributed by atoms with E-state index in [-0.39, 0.29) is 18.6 Å². The van der Waals surface area contributed by atoms with E-state index in [1.54, 1.807) is 7.11 Å². The quantitative estimate of drug-likeness (QED) is 0.493. The largest absolute Gasteiger partial charge is 0.493 e. The van der Waals surface area contributed by atoms with Gasteiger partial charge < -0.3 is 19.9 Å². The standard InChI is InChI=1S/C29H39NO4/c1-28(2,33-3)26(30-27(32)25(19-31)22-7-5-4-6-8-22)23-9-11-24(12-10-23)34-20-29-16-13-21(14-17-29)15-18-29/h4-12,21,25-26,31H,13-20H2,1-3H3,(H,30,32)/t21?,25-,26?,29?/m0/s1. The fraction of sp³-hybridized carbons (Fsp3) is 0.552. The van der Waals surface area contributed by atoms with E-state index in [1.807, 2.05) is 68.4 Å². The highest BCUT2D eigenvalue weighted by atomic mass is 16.5. The summed E-state index contributed by atoms with van der Waals surface area (Å²) in [7, 11) is 1.65. The van der Waals surface area contributed by atoms with Crippen molar-refractivity contribution in [3.63, 3.8) is 0 Å². The molecule has 34 heavy (non-hydrogen) atoms. The molecule has 3 saturated carbocycles. The van der Waals surface area contributed by atoms with Gasteiger partial charge in [0.25, 0.3) is 0 Å². The molecule has 1 amide bonds. The number of ether oxygens (including phenoxy) is 2. The zero-order valence-electron chi connectivity index (χ0n) is 20.8. The summed E-state index contributed by atoms with van der Waals surface area (Å²) in [5.41, 5.74) is 1.44. The Morgan fingerprint density at radius 2 is 1.65 bits per heavy atom. The van der Waals surface area contributed by atoms with E-state index in [4.69, 9.17) is 9.47 Å². The van der Waals surface area contributed by atoms with E-state index in [2.05, 4.69) is 5.32 Å². The molecular formula is C29H39NO4. The van der Waals surface area contributed by atoms with Gasteiger partial charge in [-0.15, -0.1) is 0 Å². The first kappa shape index (κ1) is 24.7. The average Bonchev–Trinajstić information content (AvgIpc) is 2.88. The lowest BCUT2D eigenvalue weighted by Crippen LogP contribution is -2.45. The maximum absolute atomic E-state index is 13.2. The Balaban J connectivity index is 1.46. The SMILES string of the molecule is COC(C)(C)C(NC(=O)[C@@H](CO)c1ccccc1)c1ccc(OCC23CCC(CC2)CC3)cc1. The summed E-state index contributed by atoms with van der Waals surface area (Å²) < 4.78 is 12.0. The van der Waals surface area contributed by atoms with Gasteiger partial charge in [-0.25, -0.2) is 0 Å². The van der Waals surface area contributed by atoms with E-state index in [0.29, 0.717) is 5.41 Å². The molecule has 2 aromatic rings. The third-order valence-corrected chi connectivity index (χ3v) is 8.22. The Labute approximate surface area is 203 Å². The van der Waals surface area contributed by atoms with E-state index in [9.17, 15) is 9.90 Å². The highest BCUT2D eigenvalue weighted by Crippen LogP contribution is 2.50. The Morgan fingerprint density at radius 1 is 1.03 bits per heavy atom. The minimum absolute atomic E-state index is 0.226. The molecule has 2 N–H and O–H groups in total. The predicted molar refractivity (Wildman–Crippen MR) is 134 cm³/mol. The molecule has 2 bridgehead atoms. The van der Waals surface area contributed by atoms with Crippen LogP contribution in [0, 0.1) is 11.3 Å². The van der Waals surface area contributed by atoms with Crippen LogP contribution in [0.5, 0.6) is 5.75 Å². The summed E-state index contributed by atoms with van der Waals surface area (Å²) in [5.74, 6) is 0.952. The zero-order chi connectivity index (χ0) is 24.2. The van der Waals surface area contributed by atoms with Crippen molar-refractivity contribution in [2.75, 3.05) is 20.3 Å². The lowest BCUT2D eigenvalue weighted by Gasteiger charge is -2.46. The Morgan fingerprint density at radius 3 is 2.21 bits per heavy atom. The molecule has 0 spiro atoms. The van der Waals surface area contributed by atoms with Crippen LogP contribution in [0.25, 0.3) is 0 Å². The van der Waals surface area contributed by atoms with Gasteiger partial charge in [0, 0.05) is 12.5 Å². The van der Waals surface area contributed by atoms with Crippen LogP contribution in [-0.2, 0) is 9.53 Å². The molecule has 3 aliphatic carbocycles. The number of benzene rings is 2. The number of rotatable bonds is 10. The summed E-state index contributed by atoms with van der Waals surface area (Å²) in [6, 6.07) is 17.0. The minimum atomic E-state index is -0.644. The average molecular weight is 466 g/mol. The van der Waals surface area contributed by atoms with Crippen LogP contribution >= 0.6 is 0 Å². The third-order valence-electron chi connectivity index (χ3n) is 8.22. The van der Waals surface area contributed by atoms with Crippen molar-refractivity contribution in [2.24, 2.45) is 11.3 Å². The topological polar surface area (TPSA) is 67.8 Å². The number of carbonyl (C=O) groups is 1. The number of hydrogen-bond acceptors (Lipinski definition) is 4. The highest BCUT2D eigenvalue weighted by molar-refractivity contribution is 5.84. The Bertz CT molecular complexity index is 919. The van der Waals surface area contributed by atoms with Crippen molar-refractivity contribution >= 4 is 5.91 Å². The van der Waals surface area contributed by atoms with E-state index in [1.165, 1.54) is 38.5 Å². The number of carbonyl (C=O) groups excluding carboxylic acids is 1. The molecule has 1 unspecified atom stereocenters. The van der Waals surface area contributed by atoms with E-state index >= 15 is 0 Å². The predicted octanol–water partition coefficient (Wildman–Crippen LogP) is 5.39. The van der Waals surface area contributed by atoms with Gasteiger partial charge in [-0.3, -0.25) is 4.79 Å². The number of methoxy groups -OCH3 is 1. The number of hydrogen-bond donors (Lipinski definition) is 2. The number of aliphatic hydroxyl groups excluding tert-OH is 1. The van der Waals surface area contributed by atoms with Crippen LogP contribution in [0.3, 0.4) is 0 Å². The van der Waals surface area contributed by atoms with Crippen molar-refractivity contribution in [1.82, 2.24) is 5.32 Å². The fourth-order valence-corrected chi connectivity index (χ4v) is 5.59.